The summed E-state index contributed by atoms with van der Waals surface area (Å²) in [6.45, 7) is 3.73. The number of fused-ring (bicyclic) bond motifs is 1. The third kappa shape index (κ3) is 2.99. The fourth-order valence-corrected chi connectivity index (χ4v) is 2.10. The van der Waals surface area contributed by atoms with Gasteiger partial charge in [-0.3, -0.25) is 9.59 Å². The van der Waals surface area contributed by atoms with Crippen molar-refractivity contribution in [2.24, 2.45) is 5.92 Å². The van der Waals surface area contributed by atoms with Crippen molar-refractivity contribution in [3.63, 3.8) is 0 Å². The fourth-order valence-electron chi connectivity index (χ4n) is 2.10. The van der Waals surface area contributed by atoms with Gasteiger partial charge >= 0.3 is 5.97 Å². The average molecular weight is 274 g/mol. The smallest absolute Gasteiger partial charge is 0.308 e. The molecular weight excluding hydrogens is 256 g/mol. The Morgan fingerprint density at radius 3 is 2.85 bits per heavy atom. The summed E-state index contributed by atoms with van der Waals surface area (Å²) in [5.74, 6) is -1.65. The molecule has 1 atom stereocenters. The number of para-hydroxylation sites is 1. The summed E-state index contributed by atoms with van der Waals surface area (Å²) < 4.78 is 0. The van der Waals surface area contributed by atoms with Crippen LogP contribution in [0, 0.1) is 12.8 Å². The number of carbonyl (C=O) groups excluding carboxylic acids is 1. The molecule has 0 saturated carbocycles. The van der Waals surface area contributed by atoms with Crippen molar-refractivity contribution in [2.45, 2.75) is 20.3 Å². The van der Waals surface area contributed by atoms with Crippen molar-refractivity contribution < 1.29 is 14.7 Å². The molecule has 0 aliphatic heterocycles. The predicted molar refractivity (Wildman–Crippen MR) is 76.5 cm³/mol. The van der Waals surface area contributed by atoms with Gasteiger partial charge in [0.1, 0.15) is 0 Å². The van der Waals surface area contributed by atoms with E-state index in [0.717, 1.165) is 22.0 Å². The van der Waals surface area contributed by atoms with E-state index in [4.69, 9.17) is 5.11 Å². The number of carboxylic acids is 1. The van der Waals surface area contributed by atoms with Crippen LogP contribution >= 0.6 is 0 Å². The van der Waals surface area contributed by atoms with Gasteiger partial charge in [-0.15, -0.1) is 0 Å². The molecule has 1 heterocycles. The Kier molecular flexibility index (Phi) is 4.08. The maximum absolute atomic E-state index is 11.8. The number of benzene rings is 1. The van der Waals surface area contributed by atoms with Gasteiger partial charge in [-0.1, -0.05) is 25.1 Å². The van der Waals surface area contributed by atoms with Crippen molar-refractivity contribution in [2.75, 3.05) is 6.54 Å². The summed E-state index contributed by atoms with van der Waals surface area (Å²) in [7, 11) is 0. The van der Waals surface area contributed by atoms with Crippen LogP contribution in [0.25, 0.3) is 10.9 Å². The van der Waals surface area contributed by atoms with Crippen molar-refractivity contribution >= 4 is 22.8 Å². The summed E-state index contributed by atoms with van der Waals surface area (Å²) in [6.07, 6.45) is 2.08. The number of amides is 1. The maximum Gasteiger partial charge on any atom is 0.308 e. The highest BCUT2D eigenvalue weighted by molar-refractivity contribution is 5.90. The van der Waals surface area contributed by atoms with Crippen LogP contribution in [0.3, 0.4) is 0 Å². The second-order valence-electron chi connectivity index (χ2n) is 5.03. The Morgan fingerprint density at radius 1 is 1.40 bits per heavy atom. The normalized spacial score (nSPS) is 12.3. The Labute approximate surface area is 117 Å². The van der Waals surface area contributed by atoms with Crippen molar-refractivity contribution in [3.05, 3.63) is 35.5 Å². The lowest BCUT2D eigenvalue weighted by Crippen LogP contribution is -2.32. The first-order chi connectivity index (χ1) is 9.49. The third-order valence-electron chi connectivity index (χ3n) is 3.39. The summed E-state index contributed by atoms with van der Waals surface area (Å²) in [6, 6.07) is 5.94. The maximum atomic E-state index is 11.8. The number of aliphatic carboxylic acids is 1. The Morgan fingerprint density at radius 2 is 2.15 bits per heavy atom. The van der Waals surface area contributed by atoms with Crippen LogP contribution in [0.5, 0.6) is 0 Å². The first-order valence-electron chi connectivity index (χ1n) is 6.54. The highest BCUT2D eigenvalue weighted by Gasteiger charge is 2.13. The number of hydrogen-bond donors (Lipinski definition) is 3. The molecule has 1 unspecified atom stereocenters. The molecular formula is C15H18N2O3. The lowest BCUT2D eigenvalue weighted by molar-refractivity contribution is -0.141. The average Bonchev–Trinajstić information content (AvgIpc) is 2.80. The van der Waals surface area contributed by atoms with Crippen LogP contribution in [0.4, 0.5) is 0 Å². The lowest BCUT2D eigenvalue weighted by atomic mass is 10.1. The number of carbonyl (C=O) groups is 2. The van der Waals surface area contributed by atoms with Crippen LogP contribution in [0.1, 0.15) is 18.1 Å². The summed E-state index contributed by atoms with van der Waals surface area (Å²) in [5, 5.41) is 12.4. The second-order valence-corrected chi connectivity index (χ2v) is 5.03. The van der Waals surface area contributed by atoms with Gasteiger partial charge in [-0.2, -0.15) is 0 Å². The van der Waals surface area contributed by atoms with E-state index < -0.39 is 11.9 Å². The molecule has 0 aliphatic carbocycles. The van der Waals surface area contributed by atoms with Crippen molar-refractivity contribution in [1.82, 2.24) is 10.3 Å². The standard InChI is InChI=1S/C15H18N2O3/c1-9-4-3-5-12-11(8-17-14(9)12)6-13(18)16-7-10(2)15(19)20/h3-5,8,10,17H,6-7H2,1-2H3,(H,16,18)(H,19,20). The van der Waals surface area contributed by atoms with Crippen LogP contribution in [-0.4, -0.2) is 28.5 Å². The first-order valence-corrected chi connectivity index (χ1v) is 6.54. The van der Waals surface area contributed by atoms with Crippen LogP contribution in [0.15, 0.2) is 24.4 Å². The van der Waals surface area contributed by atoms with Gasteiger partial charge in [0.2, 0.25) is 5.91 Å². The summed E-state index contributed by atoms with van der Waals surface area (Å²) in [4.78, 5) is 25.7. The molecule has 5 heteroatoms. The Bertz CT molecular complexity index is 646. The molecule has 0 radical (unpaired) electrons. The molecule has 5 nitrogen and oxygen atoms in total. The van der Waals surface area contributed by atoms with Crippen LogP contribution in [0.2, 0.25) is 0 Å². The molecule has 0 fully saturated rings. The van der Waals surface area contributed by atoms with E-state index in [9.17, 15) is 9.59 Å². The molecule has 2 aromatic rings. The van der Waals surface area contributed by atoms with Crippen LogP contribution < -0.4 is 5.32 Å². The first kappa shape index (κ1) is 14.1. The van der Waals surface area contributed by atoms with Gasteiger partial charge in [-0.05, 0) is 18.1 Å². The predicted octanol–water partition coefficient (Wildman–Crippen LogP) is 1.86. The lowest BCUT2D eigenvalue weighted by Gasteiger charge is -2.08. The summed E-state index contributed by atoms with van der Waals surface area (Å²) >= 11 is 0. The highest BCUT2D eigenvalue weighted by atomic mass is 16.4. The number of aryl methyl sites for hydroxylation is 1. The van der Waals surface area contributed by atoms with Gasteiger partial charge in [0.15, 0.2) is 0 Å². The second kappa shape index (κ2) is 5.77. The van der Waals surface area contributed by atoms with Gasteiger partial charge < -0.3 is 15.4 Å². The minimum atomic E-state index is -0.909. The van der Waals surface area contributed by atoms with Gasteiger partial charge in [-0.25, -0.2) is 0 Å². The number of carboxylic acid groups (broad SMARTS) is 1. The molecule has 3 N–H and O–H groups in total. The summed E-state index contributed by atoms with van der Waals surface area (Å²) in [5.41, 5.74) is 3.09. The molecule has 0 bridgehead atoms. The molecule has 2 rings (SSSR count). The van der Waals surface area contributed by atoms with E-state index in [2.05, 4.69) is 10.3 Å². The van der Waals surface area contributed by atoms with E-state index in [1.807, 2.05) is 31.3 Å². The number of hydrogen-bond acceptors (Lipinski definition) is 2. The largest absolute Gasteiger partial charge is 0.481 e. The van der Waals surface area contributed by atoms with Gasteiger partial charge in [0, 0.05) is 23.6 Å². The molecule has 0 aliphatic rings. The Hall–Kier alpha value is -2.30. The van der Waals surface area contributed by atoms with Crippen molar-refractivity contribution in [1.29, 1.82) is 0 Å². The molecule has 106 valence electrons. The zero-order chi connectivity index (χ0) is 14.7. The zero-order valence-corrected chi connectivity index (χ0v) is 11.6. The van der Waals surface area contributed by atoms with Crippen LogP contribution in [-0.2, 0) is 16.0 Å². The number of aromatic amines is 1. The number of nitrogens with one attached hydrogen (secondary N) is 2. The Balaban J connectivity index is 2.03. The SMILES string of the molecule is Cc1cccc2c(CC(=O)NCC(C)C(=O)O)c[nH]c12. The minimum absolute atomic E-state index is 0.148. The monoisotopic (exact) mass is 274 g/mol. The van der Waals surface area contributed by atoms with E-state index in [1.165, 1.54) is 0 Å². The van der Waals surface area contributed by atoms with E-state index in [-0.39, 0.29) is 18.9 Å². The quantitative estimate of drug-likeness (QED) is 0.778. The molecule has 0 spiro atoms. The number of aromatic nitrogens is 1. The van der Waals surface area contributed by atoms with E-state index >= 15 is 0 Å². The molecule has 0 saturated heterocycles. The molecule has 20 heavy (non-hydrogen) atoms. The highest BCUT2D eigenvalue weighted by Crippen LogP contribution is 2.21. The molecule has 1 amide bonds. The van der Waals surface area contributed by atoms with E-state index in [1.54, 1.807) is 6.92 Å². The zero-order valence-electron chi connectivity index (χ0n) is 11.6. The van der Waals surface area contributed by atoms with Gasteiger partial charge in [0.05, 0.1) is 12.3 Å². The topological polar surface area (TPSA) is 82.2 Å². The number of H-pyrrole nitrogens is 1. The fraction of sp³-hybridized carbons (Fsp3) is 0.333. The third-order valence-corrected chi connectivity index (χ3v) is 3.39. The van der Waals surface area contributed by atoms with Gasteiger partial charge in [0.25, 0.3) is 0 Å². The molecule has 1 aromatic carbocycles. The minimum Gasteiger partial charge on any atom is -0.481 e. The van der Waals surface area contributed by atoms with E-state index in [0.29, 0.717) is 0 Å². The number of rotatable bonds is 5. The molecule has 1 aromatic heterocycles. The van der Waals surface area contributed by atoms with Crippen molar-refractivity contribution in [3.8, 4) is 0 Å².